The first-order chi connectivity index (χ1) is 13.6. The summed E-state index contributed by atoms with van der Waals surface area (Å²) in [4.78, 5) is 25.2. The quantitative estimate of drug-likeness (QED) is 0.463. The summed E-state index contributed by atoms with van der Waals surface area (Å²) in [7, 11) is 0. The number of amides is 2. The lowest BCUT2D eigenvalue weighted by molar-refractivity contribution is -0.125. The highest BCUT2D eigenvalue weighted by molar-refractivity contribution is 7.18. The van der Waals surface area contributed by atoms with Crippen molar-refractivity contribution in [3.05, 3.63) is 65.0 Å². The lowest BCUT2D eigenvalue weighted by atomic mass is 9.73. The van der Waals surface area contributed by atoms with Crippen molar-refractivity contribution in [1.82, 2.24) is 5.48 Å². The van der Waals surface area contributed by atoms with Crippen LogP contribution in [0.15, 0.2) is 54.6 Å². The Labute approximate surface area is 166 Å². The van der Waals surface area contributed by atoms with Crippen LogP contribution in [0.2, 0.25) is 0 Å². The molecule has 4 rings (SSSR count). The van der Waals surface area contributed by atoms with Crippen molar-refractivity contribution >= 4 is 38.9 Å². The molecule has 0 spiro atoms. The van der Waals surface area contributed by atoms with E-state index >= 15 is 0 Å². The van der Waals surface area contributed by atoms with Crippen molar-refractivity contribution in [3.8, 4) is 0 Å². The average Bonchev–Trinajstić information content (AvgIpc) is 3.21. The molecule has 6 nitrogen and oxygen atoms in total. The standard InChI is InChI=1S/C21H20N2O4S/c24-19(23-26)17-7-8-18(28-17)22-20(25)21(9-11-27-12-10-21)16-6-5-14-3-1-2-4-15(14)13-16/h1-8,13,26H,9-12H2,(H,22,25)(H,23,24). The topological polar surface area (TPSA) is 87.7 Å². The van der Waals surface area contributed by atoms with Gasteiger partial charge in [-0.3, -0.25) is 14.8 Å². The van der Waals surface area contributed by atoms with Crippen molar-refractivity contribution in [2.24, 2.45) is 0 Å². The molecule has 28 heavy (non-hydrogen) atoms. The van der Waals surface area contributed by atoms with Gasteiger partial charge in [-0.15, -0.1) is 11.3 Å². The Balaban J connectivity index is 1.67. The molecule has 1 aliphatic rings. The van der Waals surface area contributed by atoms with E-state index in [1.165, 1.54) is 0 Å². The van der Waals surface area contributed by atoms with Crippen LogP contribution in [-0.4, -0.2) is 30.2 Å². The number of hydrogen-bond donors (Lipinski definition) is 3. The van der Waals surface area contributed by atoms with Gasteiger partial charge in [-0.2, -0.15) is 0 Å². The van der Waals surface area contributed by atoms with Gasteiger partial charge in [0, 0.05) is 13.2 Å². The third-order valence-electron chi connectivity index (χ3n) is 5.25. The fourth-order valence-corrected chi connectivity index (χ4v) is 4.46. The maximum Gasteiger partial charge on any atom is 0.284 e. The highest BCUT2D eigenvalue weighted by Crippen LogP contribution is 2.38. The summed E-state index contributed by atoms with van der Waals surface area (Å²) >= 11 is 1.12. The van der Waals surface area contributed by atoms with Gasteiger partial charge in [-0.25, -0.2) is 5.48 Å². The van der Waals surface area contributed by atoms with Crippen molar-refractivity contribution in [2.45, 2.75) is 18.3 Å². The highest BCUT2D eigenvalue weighted by atomic mass is 32.1. The van der Waals surface area contributed by atoms with Crippen LogP contribution in [-0.2, 0) is 14.9 Å². The third kappa shape index (κ3) is 3.40. The maximum atomic E-state index is 13.4. The molecule has 3 aromatic rings. The first-order valence-electron chi connectivity index (χ1n) is 9.05. The van der Waals surface area contributed by atoms with Gasteiger partial charge >= 0.3 is 0 Å². The first-order valence-corrected chi connectivity index (χ1v) is 9.87. The molecule has 0 saturated carbocycles. The molecule has 3 N–H and O–H groups in total. The number of benzene rings is 2. The number of carbonyl (C=O) groups excluding carboxylic acids is 2. The molecule has 0 radical (unpaired) electrons. The maximum absolute atomic E-state index is 13.4. The minimum Gasteiger partial charge on any atom is -0.381 e. The number of hydrogen-bond acceptors (Lipinski definition) is 5. The molecular formula is C21H20N2O4S. The molecule has 1 fully saturated rings. The zero-order chi connectivity index (χ0) is 19.6. The molecule has 1 aliphatic heterocycles. The minimum absolute atomic E-state index is 0.108. The fourth-order valence-electron chi connectivity index (χ4n) is 3.67. The number of ether oxygens (including phenoxy) is 1. The van der Waals surface area contributed by atoms with Gasteiger partial charge in [-0.05, 0) is 41.3 Å². The molecule has 0 bridgehead atoms. The lowest BCUT2D eigenvalue weighted by Gasteiger charge is -2.36. The third-order valence-corrected chi connectivity index (χ3v) is 6.25. The summed E-state index contributed by atoms with van der Waals surface area (Å²) in [6, 6.07) is 17.5. The number of thiophene rings is 1. The molecule has 2 amide bonds. The molecule has 0 aliphatic carbocycles. The normalized spacial score (nSPS) is 15.9. The van der Waals surface area contributed by atoms with Crippen LogP contribution in [0.3, 0.4) is 0 Å². The van der Waals surface area contributed by atoms with Crippen LogP contribution in [0, 0.1) is 0 Å². The van der Waals surface area contributed by atoms with Crippen LogP contribution in [0.4, 0.5) is 5.00 Å². The van der Waals surface area contributed by atoms with E-state index < -0.39 is 11.3 Å². The number of nitrogens with one attached hydrogen (secondary N) is 2. The molecule has 144 valence electrons. The second kappa shape index (κ2) is 7.71. The Morgan fingerprint density at radius 2 is 1.75 bits per heavy atom. The summed E-state index contributed by atoms with van der Waals surface area (Å²) < 4.78 is 5.53. The highest BCUT2D eigenvalue weighted by Gasteiger charge is 2.42. The van der Waals surface area contributed by atoms with E-state index in [-0.39, 0.29) is 5.91 Å². The van der Waals surface area contributed by atoms with Gasteiger partial charge in [-0.1, -0.05) is 42.5 Å². The summed E-state index contributed by atoms with van der Waals surface area (Å²) in [6.07, 6.45) is 1.18. The van der Waals surface area contributed by atoms with E-state index in [1.54, 1.807) is 17.6 Å². The van der Waals surface area contributed by atoms with Gasteiger partial charge in [0.2, 0.25) is 5.91 Å². The summed E-state index contributed by atoms with van der Waals surface area (Å²) in [5, 5.41) is 14.5. The smallest absolute Gasteiger partial charge is 0.284 e. The molecule has 0 unspecified atom stereocenters. The summed E-state index contributed by atoms with van der Waals surface area (Å²) in [5.74, 6) is -0.704. The van der Waals surface area contributed by atoms with Gasteiger partial charge in [0.25, 0.3) is 5.91 Å². The number of fused-ring (bicyclic) bond motifs is 1. The van der Waals surface area contributed by atoms with E-state index in [2.05, 4.69) is 17.4 Å². The van der Waals surface area contributed by atoms with Gasteiger partial charge in [0.1, 0.15) is 0 Å². The minimum atomic E-state index is -0.689. The Bertz CT molecular complexity index is 1020. The van der Waals surface area contributed by atoms with Crippen LogP contribution >= 0.6 is 11.3 Å². The van der Waals surface area contributed by atoms with Gasteiger partial charge in [0.05, 0.1) is 15.3 Å². The first kappa shape index (κ1) is 18.6. The molecule has 1 saturated heterocycles. The number of carbonyl (C=O) groups is 2. The fraction of sp³-hybridized carbons (Fsp3) is 0.238. The van der Waals surface area contributed by atoms with Crippen LogP contribution in [0.5, 0.6) is 0 Å². The zero-order valence-electron chi connectivity index (χ0n) is 15.1. The van der Waals surface area contributed by atoms with Gasteiger partial charge in [0.15, 0.2) is 0 Å². The average molecular weight is 396 g/mol. The Hall–Kier alpha value is -2.74. The second-order valence-corrected chi connectivity index (χ2v) is 7.90. The number of rotatable bonds is 4. The van der Waals surface area contributed by atoms with Crippen molar-refractivity contribution < 1.29 is 19.5 Å². The second-order valence-electron chi connectivity index (χ2n) is 6.82. The van der Waals surface area contributed by atoms with E-state index in [0.29, 0.717) is 35.9 Å². The molecule has 1 aromatic heterocycles. The molecular weight excluding hydrogens is 376 g/mol. The Morgan fingerprint density at radius 3 is 2.50 bits per heavy atom. The SMILES string of the molecule is O=C(NO)c1ccc(NC(=O)C2(c3ccc4ccccc4c3)CCOCC2)s1. The number of anilines is 1. The molecule has 7 heteroatoms. The summed E-state index contributed by atoms with van der Waals surface area (Å²) in [5.41, 5.74) is 1.88. The Morgan fingerprint density at radius 1 is 1.00 bits per heavy atom. The predicted octanol–water partition coefficient (Wildman–Crippen LogP) is 3.71. The Kier molecular flexibility index (Phi) is 5.13. The van der Waals surface area contributed by atoms with E-state index in [9.17, 15) is 9.59 Å². The predicted molar refractivity (Wildman–Crippen MR) is 108 cm³/mol. The lowest BCUT2D eigenvalue weighted by Crippen LogP contribution is -2.44. The van der Waals surface area contributed by atoms with Crippen molar-refractivity contribution in [1.29, 1.82) is 0 Å². The monoisotopic (exact) mass is 396 g/mol. The van der Waals surface area contributed by atoms with Gasteiger partial charge < -0.3 is 10.1 Å². The van der Waals surface area contributed by atoms with Crippen LogP contribution < -0.4 is 10.8 Å². The molecule has 2 aromatic carbocycles. The van der Waals surface area contributed by atoms with E-state index in [0.717, 1.165) is 27.7 Å². The largest absolute Gasteiger partial charge is 0.381 e. The van der Waals surface area contributed by atoms with Crippen LogP contribution in [0.25, 0.3) is 10.8 Å². The van der Waals surface area contributed by atoms with Crippen molar-refractivity contribution in [2.75, 3.05) is 18.5 Å². The number of hydroxylamine groups is 1. The van der Waals surface area contributed by atoms with E-state index in [4.69, 9.17) is 9.94 Å². The van der Waals surface area contributed by atoms with Crippen molar-refractivity contribution in [3.63, 3.8) is 0 Å². The van der Waals surface area contributed by atoms with E-state index in [1.807, 2.05) is 30.3 Å². The zero-order valence-corrected chi connectivity index (χ0v) is 15.9. The summed E-state index contributed by atoms with van der Waals surface area (Å²) in [6.45, 7) is 1.03. The molecule has 0 atom stereocenters. The van der Waals surface area contributed by atoms with Crippen LogP contribution in [0.1, 0.15) is 28.1 Å². The molecule has 2 heterocycles.